The van der Waals surface area contributed by atoms with Gasteiger partial charge >= 0.3 is 5.97 Å². The van der Waals surface area contributed by atoms with E-state index in [1.54, 1.807) is 0 Å². The summed E-state index contributed by atoms with van der Waals surface area (Å²) in [5.41, 5.74) is -0.971. The van der Waals surface area contributed by atoms with Crippen molar-refractivity contribution in [1.82, 2.24) is 10.0 Å². The molecular formula is C15H22N2O6S. The highest BCUT2D eigenvalue weighted by Crippen LogP contribution is 2.12. The van der Waals surface area contributed by atoms with Crippen molar-refractivity contribution in [2.45, 2.75) is 24.3 Å². The van der Waals surface area contributed by atoms with Crippen molar-refractivity contribution in [2.75, 3.05) is 27.4 Å². The number of carbonyl (C=O) groups is 2. The van der Waals surface area contributed by atoms with E-state index < -0.39 is 27.4 Å². The maximum absolute atomic E-state index is 12.2. The molecule has 2 N–H and O–H groups in total. The van der Waals surface area contributed by atoms with E-state index in [1.165, 1.54) is 52.3 Å². The minimum atomic E-state index is -3.66. The number of amides is 1. The Hall–Kier alpha value is -1.97. The van der Waals surface area contributed by atoms with Crippen molar-refractivity contribution in [3.05, 3.63) is 29.8 Å². The van der Waals surface area contributed by atoms with Crippen LogP contribution in [0.3, 0.4) is 0 Å². The summed E-state index contributed by atoms with van der Waals surface area (Å²) in [6.07, 6.45) is 0. The lowest BCUT2D eigenvalue weighted by atomic mass is 10.1. The summed E-state index contributed by atoms with van der Waals surface area (Å²) in [4.78, 5) is 23.8. The molecule has 0 radical (unpaired) electrons. The van der Waals surface area contributed by atoms with Crippen LogP contribution < -0.4 is 10.0 Å². The summed E-state index contributed by atoms with van der Waals surface area (Å²) in [5.74, 6) is -1.10. The van der Waals surface area contributed by atoms with Crippen molar-refractivity contribution in [1.29, 1.82) is 0 Å². The van der Waals surface area contributed by atoms with E-state index in [9.17, 15) is 18.0 Å². The number of esters is 1. The van der Waals surface area contributed by atoms with Crippen molar-refractivity contribution in [3.63, 3.8) is 0 Å². The first-order chi connectivity index (χ1) is 11.1. The van der Waals surface area contributed by atoms with Gasteiger partial charge in [-0.2, -0.15) is 0 Å². The number of ether oxygens (including phenoxy) is 2. The largest absolute Gasteiger partial charge is 0.467 e. The van der Waals surface area contributed by atoms with Crippen LogP contribution in [0.4, 0.5) is 0 Å². The summed E-state index contributed by atoms with van der Waals surface area (Å²) in [5, 5.41) is 2.53. The predicted octanol–water partition coefficient (Wildman–Crippen LogP) is 0.293. The zero-order chi connectivity index (χ0) is 18.4. The molecule has 8 nitrogen and oxygen atoms in total. The SMILES string of the molecule is COCCNS(=O)(=O)c1ccc(C(=O)NC(C)(C)C(=O)OC)cc1. The third-order valence-electron chi connectivity index (χ3n) is 3.15. The molecule has 0 aliphatic heterocycles. The number of hydrogen-bond donors (Lipinski definition) is 2. The summed E-state index contributed by atoms with van der Waals surface area (Å²) < 4.78 is 35.8. The van der Waals surface area contributed by atoms with Crippen molar-refractivity contribution >= 4 is 21.9 Å². The Bertz CT molecular complexity index is 682. The molecule has 1 aromatic rings. The Labute approximate surface area is 141 Å². The van der Waals surface area contributed by atoms with E-state index in [1.807, 2.05) is 0 Å². The highest BCUT2D eigenvalue weighted by Gasteiger charge is 2.30. The van der Waals surface area contributed by atoms with Crippen LogP contribution in [0.15, 0.2) is 29.2 Å². The van der Waals surface area contributed by atoms with Gasteiger partial charge in [-0.1, -0.05) is 0 Å². The van der Waals surface area contributed by atoms with Crippen LogP contribution >= 0.6 is 0 Å². The van der Waals surface area contributed by atoms with Gasteiger partial charge in [0.2, 0.25) is 10.0 Å². The average Bonchev–Trinajstić information content (AvgIpc) is 2.53. The topological polar surface area (TPSA) is 111 Å². The van der Waals surface area contributed by atoms with E-state index in [4.69, 9.17) is 4.74 Å². The van der Waals surface area contributed by atoms with E-state index >= 15 is 0 Å². The third kappa shape index (κ3) is 5.29. The lowest BCUT2D eigenvalue weighted by Gasteiger charge is -2.23. The van der Waals surface area contributed by atoms with Gasteiger partial charge in [0.15, 0.2) is 0 Å². The summed E-state index contributed by atoms with van der Waals surface area (Å²) in [6.45, 7) is 3.42. The second-order valence-corrected chi connectivity index (χ2v) is 7.25. The second-order valence-electron chi connectivity index (χ2n) is 5.49. The summed E-state index contributed by atoms with van der Waals surface area (Å²) >= 11 is 0. The summed E-state index contributed by atoms with van der Waals surface area (Å²) in [6, 6.07) is 5.37. The molecule has 0 aliphatic rings. The molecule has 0 saturated carbocycles. The molecular weight excluding hydrogens is 336 g/mol. The molecule has 0 bridgehead atoms. The molecule has 9 heteroatoms. The van der Waals surface area contributed by atoms with Gasteiger partial charge in [-0.05, 0) is 38.1 Å². The van der Waals surface area contributed by atoms with Crippen LogP contribution in [-0.2, 0) is 24.3 Å². The Balaban J connectivity index is 2.84. The van der Waals surface area contributed by atoms with Crippen molar-refractivity contribution in [3.8, 4) is 0 Å². The smallest absolute Gasteiger partial charge is 0.330 e. The lowest BCUT2D eigenvalue weighted by Crippen LogP contribution is -2.50. The van der Waals surface area contributed by atoms with Crippen molar-refractivity contribution < 1.29 is 27.5 Å². The van der Waals surface area contributed by atoms with E-state index in [2.05, 4.69) is 14.8 Å². The highest BCUT2D eigenvalue weighted by molar-refractivity contribution is 7.89. The van der Waals surface area contributed by atoms with E-state index in [0.29, 0.717) is 0 Å². The molecule has 0 fully saturated rings. The fraction of sp³-hybridized carbons (Fsp3) is 0.467. The maximum atomic E-state index is 12.2. The highest BCUT2D eigenvalue weighted by atomic mass is 32.2. The molecule has 0 heterocycles. The van der Waals surface area contributed by atoms with Crippen LogP contribution in [0.1, 0.15) is 24.2 Å². The van der Waals surface area contributed by atoms with Crippen LogP contribution in [0.2, 0.25) is 0 Å². The Morgan fingerprint density at radius 1 is 1.12 bits per heavy atom. The first kappa shape index (κ1) is 20.1. The van der Waals surface area contributed by atoms with Gasteiger partial charge in [0, 0.05) is 19.2 Å². The fourth-order valence-corrected chi connectivity index (χ4v) is 2.82. The molecule has 0 saturated heterocycles. The average molecular weight is 358 g/mol. The van der Waals surface area contributed by atoms with Crippen molar-refractivity contribution in [2.24, 2.45) is 0 Å². The molecule has 0 aromatic heterocycles. The summed E-state index contributed by atoms with van der Waals surface area (Å²) in [7, 11) is -0.965. The number of sulfonamides is 1. The number of carbonyl (C=O) groups excluding carboxylic acids is 2. The molecule has 0 unspecified atom stereocenters. The maximum Gasteiger partial charge on any atom is 0.330 e. The number of rotatable bonds is 8. The van der Waals surface area contributed by atoms with Gasteiger partial charge in [-0.25, -0.2) is 17.9 Å². The number of hydrogen-bond acceptors (Lipinski definition) is 6. The second kappa shape index (κ2) is 8.22. The molecule has 1 aromatic carbocycles. The number of benzene rings is 1. The Morgan fingerprint density at radius 3 is 2.21 bits per heavy atom. The fourth-order valence-electron chi connectivity index (χ4n) is 1.81. The first-order valence-electron chi connectivity index (χ1n) is 7.13. The van der Waals surface area contributed by atoms with E-state index in [0.717, 1.165) is 0 Å². The first-order valence-corrected chi connectivity index (χ1v) is 8.62. The standard InChI is InChI=1S/C15H22N2O6S/c1-15(2,14(19)23-4)17-13(18)11-5-7-12(8-6-11)24(20,21)16-9-10-22-3/h5-8,16H,9-10H2,1-4H3,(H,17,18). The van der Waals surface area contributed by atoms with Crippen LogP contribution in [-0.4, -0.2) is 53.2 Å². The minimum Gasteiger partial charge on any atom is -0.467 e. The molecule has 0 spiro atoms. The molecule has 0 atom stereocenters. The van der Waals surface area contributed by atoms with Gasteiger partial charge in [-0.3, -0.25) is 4.79 Å². The lowest BCUT2D eigenvalue weighted by molar-refractivity contribution is -0.146. The van der Waals surface area contributed by atoms with Gasteiger partial charge < -0.3 is 14.8 Å². The molecule has 1 rings (SSSR count). The number of methoxy groups -OCH3 is 2. The number of nitrogens with one attached hydrogen (secondary N) is 2. The molecule has 24 heavy (non-hydrogen) atoms. The van der Waals surface area contributed by atoms with E-state index in [-0.39, 0.29) is 23.6 Å². The molecule has 1 amide bonds. The minimum absolute atomic E-state index is 0.0300. The Kier molecular flexibility index (Phi) is 6.88. The van der Waals surface area contributed by atoms with Gasteiger partial charge in [0.1, 0.15) is 5.54 Å². The van der Waals surface area contributed by atoms with Crippen LogP contribution in [0.25, 0.3) is 0 Å². The quantitative estimate of drug-likeness (QED) is 0.510. The molecule has 134 valence electrons. The van der Waals surface area contributed by atoms with Gasteiger partial charge in [0.05, 0.1) is 18.6 Å². The normalized spacial score (nSPS) is 11.8. The predicted molar refractivity (Wildman–Crippen MR) is 87.1 cm³/mol. The third-order valence-corrected chi connectivity index (χ3v) is 4.62. The monoisotopic (exact) mass is 358 g/mol. The Morgan fingerprint density at radius 2 is 1.71 bits per heavy atom. The van der Waals surface area contributed by atoms with Crippen LogP contribution in [0, 0.1) is 0 Å². The zero-order valence-corrected chi connectivity index (χ0v) is 14.9. The zero-order valence-electron chi connectivity index (χ0n) is 14.1. The van der Waals surface area contributed by atoms with Gasteiger partial charge in [-0.15, -0.1) is 0 Å². The van der Waals surface area contributed by atoms with Crippen LogP contribution in [0.5, 0.6) is 0 Å². The van der Waals surface area contributed by atoms with Gasteiger partial charge in [0.25, 0.3) is 5.91 Å². The molecule has 0 aliphatic carbocycles.